The molecule has 4 aromatic rings. The lowest BCUT2D eigenvalue weighted by Crippen LogP contribution is -2.47. The Balaban J connectivity index is 0.989. The lowest BCUT2D eigenvalue weighted by atomic mass is 10.1. The number of amides is 3. The van der Waals surface area contributed by atoms with Gasteiger partial charge in [0.15, 0.2) is 0 Å². The molecule has 6 rings (SSSR count). The van der Waals surface area contributed by atoms with E-state index < -0.39 is 11.9 Å². The third-order valence-corrected chi connectivity index (χ3v) is 8.93. The molecule has 0 aliphatic carbocycles. The Bertz CT molecular complexity index is 1880. The lowest BCUT2D eigenvalue weighted by Gasteiger charge is -2.34. The van der Waals surface area contributed by atoms with Crippen LogP contribution in [0.15, 0.2) is 73.6 Å². The number of aromatic nitrogens is 2. The smallest absolute Gasteiger partial charge is 0.249 e. The van der Waals surface area contributed by atoms with Crippen LogP contribution in [0.2, 0.25) is 5.02 Å². The van der Waals surface area contributed by atoms with Gasteiger partial charge in [-0.25, -0.2) is 14.4 Å². The SMILES string of the molecule is C=CC(=O)Nc1cc2c(Nc3ccc(F)c(Cl)c3)ncnc2cc1OCCCN1CCN(Cc2ccc(NC3CCC(=O)NC3=O)cc2)CC1. The molecule has 50 heavy (non-hydrogen) atoms. The first-order valence-corrected chi connectivity index (χ1v) is 16.8. The molecule has 3 heterocycles. The molecule has 0 radical (unpaired) electrons. The zero-order chi connectivity index (χ0) is 35.0. The fraction of sp³-hybridized carbons (Fsp3) is 0.306. The molecule has 1 unspecified atom stereocenters. The largest absolute Gasteiger partial charge is 0.491 e. The standard InChI is InChI=1S/C36H38ClFN8O4/c1-2-33(47)43-31-19-26-30(39-22-40-35(26)42-25-8-9-28(38)27(37)18-25)20-32(31)50-17-3-12-45-13-15-46(16-14-45)21-23-4-6-24(7-5-23)41-29-10-11-34(48)44-36(29)49/h2,4-9,18-20,22,29,41H,1,3,10-17,21H2,(H,43,47)(H,39,40,42)(H,44,48,49). The van der Waals surface area contributed by atoms with Gasteiger partial charge in [-0.15, -0.1) is 0 Å². The van der Waals surface area contributed by atoms with Crippen molar-refractivity contribution in [1.82, 2.24) is 25.1 Å². The van der Waals surface area contributed by atoms with E-state index in [1.54, 1.807) is 18.2 Å². The first-order valence-electron chi connectivity index (χ1n) is 16.4. The molecule has 1 atom stereocenters. The van der Waals surface area contributed by atoms with Gasteiger partial charge in [-0.3, -0.25) is 24.6 Å². The van der Waals surface area contributed by atoms with E-state index in [9.17, 15) is 18.8 Å². The van der Waals surface area contributed by atoms with Gasteiger partial charge in [0.2, 0.25) is 17.7 Å². The molecular formula is C36H38ClFN8O4. The van der Waals surface area contributed by atoms with Gasteiger partial charge in [0.25, 0.3) is 0 Å². The molecule has 2 saturated heterocycles. The van der Waals surface area contributed by atoms with Gasteiger partial charge in [0, 0.05) is 68.5 Å². The molecule has 4 N–H and O–H groups in total. The number of piperazine rings is 1. The summed E-state index contributed by atoms with van der Waals surface area (Å²) in [6, 6.07) is 15.5. The number of imide groups is 1. The number of fused-ring (bicyclic) bond motifs is 1. The van der Waals surface area contributed by atoms with Gasteiger partial charge in [-0.1, -0.05) is 30.3 Å². The predicted octanol–water partition coefficient (Wildman–Crippen LogP) is 5.09. The average Bonchev–Trinajstić information content (AvgIpc) is 3.11. The molecule has 0 spiro atoms. The number of hydrogen-bond donors (Lipinski definition) is 4. The highest BCUT2D eigenvalue weighted by Crippen LogP contribution is 2.34. The second kappa shape index (κ2) is 16.1. The van der Waals surface area contributed by atoms with Gasteiger partial charge in [-0.05, 0) is 60.9 Å². The number of anilines is 4. The van der Waals surface area contributed by atoms with Crippen LogP contribution in [-0.4, -0.2) is 82.9 Å². The Morgan fingerprint density at radius 3 is 2.54 bits per heavy atom. The number of nitrogens with one attached hydrogen (secondary N) is 4. The van der Waals surface area contributed by atoms with E-state index in [0.717, 1.165) is 51.4 Å². The summed E-state index contributed by atoms with van der Waals surface area (Å²) in [6.07, 6.45) is 4.22. The number of carbonyl (C=O) groups is 3. The molecule has 2 aliphatic rings. The van der Waals surface area contributed by atoms with Crippen molar-refractivity contribution >= 4 is 63.1 Å². The molecule has 14 heteroatoms. The van der Waals surface area contributed by atoms with E-state index in [1.165, 1.54) is 30.1 Å². The lowest BCUT2D eigenvalue weighted by molar-refractivity contribution is -0.133. The van der Waals surface area contributed by atoms with Gasteiger partial charge in [0.05, 0.1) is 22.8 Å². The number of halogens is 2. The van der Waals surface area contributed by atoms with E-state index in [2.05, 4.69) is 59.7 Å². The molecule has 3 amide bonds. The summed E-state index contributed by atoms with van der Waals surface area (Å²) in [5.74, 6) is -0.477. The van der Waals surface area contributed by atoms with Crippen molar-refractivity contribution in [2.24, 2.45) is 0 Å². The van der Waals surface area contributed by atoms with Gasteiger partial charge < -0.3 is 25.6 Å². The maximum atomic E-state index is 13.7. The molecular weight excluding hydrogens is 663 g/mol. The quantitative estimate of drug-likeness (QED) is 0.0847. The molecule has 2 aliphatic heterocycles. The van der Waals surface area contributed by atoms with Crippen LogP contribution in [0.25, 0.3) is 10.9 Å². The Morgan fingerprint density at radius 1 is 1.04 bits per heavy atom. The van der Waals surface area contributed by atoms with Crippen molar-refractivity contribution in [3.63, 3.8) is 0 Å². The minimum atomic E-state index is -0.523. The molecule has 1 aromatic heterocycles. The highest BCUT2D eigenvalue weighted by Gasteiger charge is 2.26. The zero-order valence-corrected chi connectivity index (χ0v) is 28.1. The predicted molar refractivity (Wildman–Crippen MR) is 191 cm³/mol. The molecule has 0 saturated carbocycles. The van der Waals surface area contributed by atoms with Gasteiger partial charge in [0.1, 0.15) is 29.8 Å². The Morgan fingerprint density at radius 2 is 1.80 bits per heavy atom. The average molecular weight is 701 g/mol. The van der Waals surface area contributed by atoms with Gasteiger partial charge >= 0.3 is 0 Å². The Hall–Kier alpha value is -5.11. The summed E-state index contributed by atoms with van der Waals surface area (Å²) in [5, 5.41) is 12.2. The van der Waals surface area contributed by atoms with Crippen molar-refractivity contribution in [1.29, 1.82) is 0 Å². The summed E-state index contributed by atoms with van der Waals surface area (Å²) in [4.78, 5) is 49.3. The van der Waals surface area contributed by atoms with Crippen LogP contribution in [-0.2, 0) is 20.9 Å². The summed E-state index contributed by atoms with van der Waals surface area (Å²) in [6.45, 7) is 9.48. The maximum Gasteiger partial charge on any atom is 0.249 e. The molecule has 0 bridgehead atoms. The Labute approximate surface area is 294 Å². The Kier molecular flexibility index (Phi) is 11.2. The first kappa shape index (κ1) is 34.7. The summed E-state index contributed by atoms with van der Waals surface area (Å²) in [5.41, 5.74) is 3.65. The second-order valence-corrected chi connectivity index (χ2v) is 12.6. The number of rotatable bonds is 13. The number of ether oxygens (including phenoxy) is 1. The van der Waals surface area contributed by atoms with Crippen molar-refractivity contribution in [3.8, 4) is 5.75 Å². The minimum Gasteiger partial charge on any atom is -0.491 e. The number of nitrogens with zero attached hydrogens (tertiary/aromatic N) is 4. The van der Waals surface area contributed by atoms with Crippen LogP contribution >= 0.6 is 11.6 Å². The molecule has 2 fully saturated rings. The van der Waals surface area contributed by atoms with E-state index in [0.29, 0.717) is 53.3 Å². The third-order valence-electron chi connectivity index (χ3n) is 8.64. The fourth-order valence-corrected chi connectivity index (χ4v) is 6.11. The van der Waals surface area contributed by atoms with Crippen molar-refractivity contribution in [2.75, 3.05) is 55.3 Å². The van der Waals surface area contributed by atoms with Crippen molar-refractivity contribution < 1.29 is 23.5 Å². The van der Waals surface area contributed by atoms with Crippen LogP contribution in [0.5, 0.6) is 5.75 Å². The van der Waals surface area contributed by atoms with Crippen LogP contribution in [0, 0.1) is 5.82 Å². The molecule has 260 valence electrons. The highest BCUT2D eigenvalue weighted by molar-refractivity contribution is 6.31. The van der Waals surface area contributed by atoms with E-state index in [4.69, 9.17) is 16.3 Å². The zero-order valence-electron chi connectivity index (χ0n) is 27.4. The monoisotopic (exact) mass is 700 g/mol. The van der Waals surface area contributed by atoms with E-state index >= 15 is 0 Å². The van der Waals surface area contributed by atoms with E-state index in [1.807, 2.05) is 12.1 Å². The summed E-state index contributed by atoms with van der Waals surface area (Å²) in [7, 11) is 0. The normalized spacial score (nSPS) is 16.9. The summed E-state index contributed by atoms with van der Waals surface area (Å²) >= 11 is 5.95. The van der Waals surface area contributed by atoms with Crippen LogP contribution in [0.4, 0.5) is 27.3 Å². The number of piperidine rings is 1. The van der Waals surface area contributed by atoms with E-state index in [-0.39, 0.29) is 22.7 Å². The topological polar surface area (TPSA) is 141 Å². The molecule has 12 nitrogen and oxygen atoms in total. The van der Waals surface area contributed by atoms with Crippen molar-refractivity contribution in [3.05, 3.63) is 90.0 Å². The number of carbonyl (C=O) groups excluding carboxylic acids is 3. The van der Waals surface area contributed by atoms with Crippen LogP contribution in [0.1, 0.15) is 24.8 Å². The van der Waals surface area contributed by atoms with Gasteiger partial charge in [-0.2, -0.15) is 0 Å². The van der Waals surface area contributed by atoms with Crippen LogP contribution in [0.3, 0.4) is 0 Å². The molecule has 3 aromatic carbocycles. The number of benzene rings is 3. The summed E-state index contributed by atoms with van der Waals surface area (Å²) < 4.78 is 19.8. The van der Waals surface area contributed by atoms with Crippen LogP contribution < -0.4 is 26.0 Å². The first-order chi connectivity index (χ1) is 24.2. The second-order valence-electron chi connectivity index (χ2n) is 12.2. The minimum absolute atomic E-state index is 0.0185. The maximum absolute atomic E-state index is 13.7. The number of hydrogen-bond acceptors (Lipinski definition) is 10. The fourth-order valence-electron chi connectivity index (χ4n) is 5.93. The highest BCUT2D eigenvalue weighted by atomic mass is 35.5. The van der Waals surface area contributed by atoms with Crippen molar-refractivity contribution in [2.45, 2.75) is 31.8 Å². The third kappa shape index (κ3) is 8.91.